The highest BCUT2D eigenvalue weighted by Crippen LogP contribution is 2.02. The zero-order valence-corrected chi connectivity index (χ0v) is 5.39. The first-order valence-electron chi connectivity index (χ1n) is 2.86. The summed E-state index contributed by atoms with van der Waals surface area (Å²) >= 11 is 0. The summed E-state index contributed by atoms with van der Waals surface area (Å²) in [6, 6.07) is 0. The molecule has 0 fully saturated rings. The Morgan fingerprint density at radius 1 is 1.67 bits per heavy atom. The van der Waals surface area contributed by atoms with Crippen LogP contribution in [0.2, 0.25) is 0 Å². The average Bonchev–Trinajstić information content (AvgIpc) is 1.59. The highest BCUT2D eigenvalue weighted by atomic mass is 15.1. The predicted octanol–water partition coefficient (Wildman–Crippen LogP) is -0.379. The molecule has 1 atom stereocenters. The van der Waals surface area contributed by atoms with E-state index in [9.17, 15) is 0 Å². The number of dihydropyridines is 1. The fourth-order valence-electron chi connectivity index (χ4n) is 0.852. The molecule has 0 aromatic rings. The third-order valence-electron chi connectivity index (χ3n) is 1.16. The van der Waals surface area contributed by atoms with Crippen molar-refractivity contribution < 1.29 is 0 Å². The van der Waals surface area contributed by atoms with Crippen LogP contribution >= 0.6 is 0 Å². The van der Waals surface area contributed by atoms with E-state index in [1.54, 1.807) is 0 Å². The molecule has 5 N–H and O–H groups in total. The minimum absolute atomic E-state index is 0.116. The Morgan fingerprint density at radius 2 is 2.33 bits per heavy atom. The lowest BCUT2D eigenvalue weighted by Gasteiger charge is -2.16. The van der Waals surface area contributed by atoms with Gasteiger partial charge < -0.3 is 16.8 Å². The smallest absolute Gasteiger partial charge is 0.0977 e. The molecule has 0 radical (unpaired) electrons. The lowest BCUT2D eigenvalue weighted by Crippen LogP contribution is -2.39. The minimum atomic E-state index is -0.116. The SMILES string of the molecule is CC1=CC(N)NC(N)=C1. The first-order chi connectivity index (χ1) is 4.18. The van der Waals surface area contributed by atoms with Gasteiger partial charge in [0.2, 0.25) is 0 Å². The summed E-state index contributed by atoms with van der Waals surface area (Å²) in [6.45, 7) is 1.97. The fraction of sp³-hybridized carbons (Fsp3) is 0.333. The Bertz CT molecular complexity index is 169. The van der Waals surface area contributed by atoms with Crippen LogP contribution in [-0.4, -0.2) is 6.17 Å². The Labute approximate surface area is 54.4 Å². The lowest BCUT2D eigenvalue weighted by atomic mass is 10.2. The molecule has 50 valence electrons. The van der Waals surface area contributed by atoms with E-state index in [2.05, 4.69) is 5.32 Å². The fourth-order valence-corrected chi connectivity index (χ4v) is 0.852. The summed E-state index contributed by atoms with van der Waals surface area (Å²) in [6.07, 6.45) is 3.65. The van der Waals surface area contributed by atoms with Gasteiger partial charge in [-0.2, -0.15) is 0 Å². The first kappa shape index (κ1) is 6.16. The van der Waals surface area contributed by atoms with E-state index in [0.717, 1.165) is 5.57 Å². The number of rotatable bonds is 0. The number of nitrogens with two attached hydrogens (primary N) is 2. The molecule has 0 spiro atoms. The van der Waals surface area contributed by atoms with Crippen LogP contribution in [0.15, 0.2) is 23.5 Å². The molecule has 1 unspecified atom stereocenters. The molecule has 1 aliphatic heterocycles. The largest absolute Gasteiger partial charge is 0.385 e. The summed E-state index contributed by atoms with van der Waals surface area (Å²) in [7, 11) is 0. The monoisotopic (exact) mass is 125 g/mol. The highest BCUT2D eigenvalue weighted by Gasteiger charge is 2.02. The van der Waals surface area contributed by atoms with Crippen LogP contribution < -0.4 is 16.8 Å². The minimum Gasteiger partial charge on any atom is -0.385 e. The summed E-state index contributed by atoms with van der Waals surface area (Å²) in [5.74, 6) is 0.641. The Balaban J connectivity index is 2.74. The van der Waals surface area contributed by atoms with E-state index in [0.29, 0.717) is 5.82 Å². The second-order valence-corrected chi connectivity index (χ2v) is 2.18. The summed E-state index contributed by atoms with van der Waals surface area (Å²) in [4.78, 5) is 0. The van der Waals surface area contributed by atoms with E-state index in [1.165, 1.54) is 0 Å². The van der Waals surface area contributed by atoms with E-state index in [1.807, 2.05) is 19.1 Å². The highest BCUT2D eigenvalue weighted by molar-refractivity contribution is 5.25. The quantitative estimate of drug-likeness (QED) is 0.413. The van der Waals surface area contributed by atoms with Gasteiger partial charge >= 0.3 is 0 Å². The molecule has 0 aromatic heterocycles. The molecular formula is C6H11N3. The lowest BCUT2D eigenvalue weighted by molar-refractivity contribution is 0.676. The second kappa shape index (κ2) is 2.11. The average molecular weight is 125 g/mol. The van der Waals surface area contributed by atoms with Crippen LogP contribution in [-0.2, 0) is 0 Å². The maximum atomic E-state index is 5.51. The number of allylic oxidation sites excluding steroid dienone is 2. The molecule has 0 saturated carbocycles. The van der Waals surface area contributed by atoms with E-state index in [4.69, 9.17) is 11.5 Å². The van der Waals surface area contributed by atoms with Crippen molar-refractivity contribution in [3.05, 3.63) is 23.5 Å². The van der Waals surface area contributed by atoms with Crippen LogP contribution in [0.4, 0.5) is 0 Å². The summed E-state index contributed by atoms with van der Waals surface area (Å²) < 4.78 is 0. The van der Waals surface area contributed by atoms with Crippen molar-refractivity contribution in [3.63, 3.8) is 0 Å². The van der Waals surface area contributed by atoms with Gasteiger partial charge in [0.25, 0.3) is 0 Å². The maximum Gasteiger partial charge on any atom is 0.0977 e. The molecule has 0 aromatic carbocycles. The standard InChI is InChI=1S/C6H11N3/c1-4-2-5(7)9-6(8)3-4/h2-3,5,9H,7-8H2,1H3. The Hall–Kier alpha value is -0.960. The van der Waals surface area contributed by atoms with Gasteiger partial charge in [0.1, 0.15) is 0 Å². The number of nitrogens with one attached hydrogen (secondary N) is 1. The molecule has 9 heavy (non-hydrogen) atoms. The molecule has 0 aliphatic carbocycles. The van der Waals surface area contributed by atoms with Gasteiger partial charge in [-0.25, -0.2) is 0 Å². The third-order valence-corrected chi connectivity index (χ3v) is 1.16. The molecule has 3 nitrogen and oxygen atoms in total. The van der Waals surface area contributed by atoms with Crippen LogP contribution in [0.1, 0.15) is 6.92 Å². The molecule has 0 bridgehead atoms. The van der Waals surface area contributed by atoms with Gasteiger partial charge in [0.05, 0.1) is 12.0 Å². The zero-order valence-electron chi connectivity index (χ0n) is 5.39. The van der Waals surface area contributed by atoms with E-state index < -0.39 is 0 Å². The predicted molar refractivity (Wildman–Crippen MR) is 37.1 cm³/mol. The first-order valence-corrected chi connectivity index (χ1v) is 2.86. The molecule has 1 aliphatic rings. The van der Waals surface area contributed by atoms with Gasteiger partial charge in [0, 0.05) is 0 Å². The van der Waals surface area contributed by atoms with Gasteiger partial charge in [0.15, 0.2) is 0 Å². The number of hydrogen-bond donors (Lipinski definition) is 3. The van der Waals surface area contributed by atoms with Crippen LogP contribution in [0, 0.1) is 0 Å². The maximum absolute atomic E-state index is 5.51. The summed E-state index contributed by atoms with van der Waals surface area (Å²) in [5.41, 5.74) is 12.1. The van der Waals surface area contributed by atoms with Crippen molar-refractivity contribution in [1.29, 1.82) is 0 Å². The Kier molecular flexibility index (Phi) is 1.44. The third kappa shape index (κ3) is 1.47. The van der Waals surface area contributed by atoms with Crippen molar-refractivity contribution in [2.24, 2.45) is 11.5 Å². The second-order valence-electron chi connectivity index (χ2n) is 2.18. The van der Waals surface area contributed by atoms with Gasteiger partial charge in [-0.1, -0.05) is 0 Å². The molecule has 1 heterocycles. The van der Waals surface area contributed by atoms with Gasteiger partial charge in [-0.15, -0.1) is 0 Å². The van der Waals surface area contributed by atoms with E-state index in [-0.39, 0.29) is 6.17 Å². The van der Waals surface area contributed by atoms with Gasteiger partial charge in [-0.05, 0) is 24.6 Å². The molecule has 0 amide bonds. The normalized spacial score (nSPS) is 26.2. The van der Waals surface area contributed by atoms with Crippen LogP contribution in [0.3, 0.4) is 0 Å². The molecular weight excluding hydrogens is 114 g/mol. The van der Waals surface area contributed by atoms with Crippen molar-refractivity contribution in [2.75, 3.05) is 0 Å². The van der Waals surface area contributed by atoms with Crippen molar-refractivity contribution >= 4 is 0 Å². The number of hydrogen-bond acceptors (Lipinski definition) is 3. The topological polar surface area (TPSA) is 64.1 Å². The molecule has 3 heteroatoms. The van der Waals surface area contributed by atoms with E-state index >= 15 is 0 Å². The van der Waals surface area contributed by atoms with Crippen LogP contribution in [0.25, 0.3) is 0 Å². The van der Waals surface area contributed by atoms with Crippen molar-refractivity contribution in [3.8, 4) is 0 Å². The van der Waals surface area contributed by atoms with Crippen molar-refractivity contribution in [1.82, 2.24) is 5.32 Å². The molecule has 1 rings (SSSR count). The van der Waals surface area contributed by atoms with Crippen molar-refractivity contribution in [2.45, 2.75) is 13.1 Å². The molecule has 0 saturated heterocycles. The van der Waals surface area contributed by atoms with Gasteiger partial charge in [-0.3, -0.25) is 0 Å². The van der Waals surface area contributed by atoms with Crippen LogP contribution in [0.5, 0.6) is 0 Å². The zero-order chi connectivity index (χ0) is 6.85. The summed E-state index contributed by atoms with van der Waals surface area (Å²) in [5, 5.41) is 2.85. The Morgan fingerprint density at radius 3 is 2.78 bits per heavy atom.